The lowest BCUT2D eigenvalue weighted by Gasteiger charge is -2.22. The zero-order chi connectivity index (χ0) is 19.9. The van der Waals surface area contributed by atoms with Crippen molar-refractivity contribution in [3.05, 3.63) is 59.2 Å². The standard InChI is InChI=1S/C20H18F2N2O4/c1-27-16-10-12(6-7-15(16)28-18(21)22)11-24-17(25)20(23-19(24)26)9-8-13-4-2-3-5-14(13)20/h2-7,10,18H,8-9,11H2,1H3,(H,23,26). The Kier molecular flexibility index (Phi) is 4.41. The van der Waals surface area contributed by atoms with Crippen LogP contribution in [0.1, 0.15) is 23.1 Å². The van der Waals surface area contributed by atoms with E-state index in [0.29, 0.717) is 18.4 Å². The Morgan fingerprint density at radius 2 is 1.96 bits per heavy atom. The Morgan fingerprint density at radius 1 is 1.18 bits per heavy atom. The first kappa shape index (κ1) is 18.2. The molecule has 8 heteroatoms. The fraction of sp³-hybridized carbons (Fsp3) is 0.300. The summed E-state index contributed by atoms with van der Waals surface area (Å²) in [6.45, 7) is -2.98. The summed E-state index contributed by atoms with van der Waals surface area (Å²) < 4.78 is 34.4. The lowest BCUT2D eigenvalue weighted by Crippen LogP contribution is -2.41. The summed E-state index contributed by atoms with van der Waals surface area (Å²) in [7, 11) is 1.33. The highest BCUT2D eigenvalue weighted by Gasteiger charge is 2.55. The molecule has 1 aliphatic carbocycles. The lowest BCUT2D eigenvalue weighted by molar-refractivity contribution is -0.132. The quantitative estimate of drug-likeness (QED) is 0.799. The molecule has 2 aliphatic rings. The molecule has 1 fully saturated rings. The zero-order valence-electron chi connectivity index (χ0n) is 15.1. The minimum atomic E-state index is -2.98. The van der Waals surface area contributed by atoms with E-state index in [-0.39, 0.29) is 24.0 Å². The second-order valence-corrected chi connectivity index (χ2v) is 6.75. The molecule has 2 aromatic rings. The topological polar surface area (TPSA) is 67.9 Å². The number of halogens is 2. The van der Waals surface area contributed by atoms with Gasteiger partial charge in [0, 0.05) is 0 Å². The Hall–Kier alpha value is -3.16. The van der Waals surface area contributed by atoms with Crippen LogP contribution in [-0.2, 0) is 23.3 Å². The first-order valence-corrected chi connectivity index (χ1v) is 8.79. The Morgan fingerprint density at radius 3 is 2.71 bits per heavy atom. The number of imide groups is 1. The fourth-order valence-corrected chi connectivity index (χ4v) is 3.92. The van der Waals surface area contributed by atoms with Gasteiger partial charge in [-0.25, -0.2) is 4.79 Å². The molecule has 2 aromatic carbocycles. The predicted molar refractivity (Wildman–Crippen MR) is 95.1 cm³/mol. The van der Waals surface area contributed by atoms with Crippen molar-refractivity contribution < 1.29 is 27.8 Å². The van der Waals surface area contributed by atoms with Crippen LogP contribution in [0, 0.1) is 0 Å². The number of carbonyl (C=O) groups excluding carboxylic acids is 2. The predicted octanol–water partition coefficient (Wildman–Crippen LogP) is 3.19. The molecule has 4 rings (SSSR count). The minimum absolute atomic E-state index is 0.0000971. The molecule has 6 nitrogen and oxygen atoms in total. The number of hydrogen-bond donors (Lipinski definition) is 1. The van der Waals surface area contributed by atoms with Crippen LogP contribution in [0.2, 0.25) is 0 Å². The third-order valence-corrected chi connectivity index (χ3v) is 5.21. The second-order valence-electron chi connectivity index (χ2n) is 6.75. The molecule has 1 unspecified atom stereocenters. The van der Waals surface area contributed by atoms with Crippen LogP contribution in [0.25, 0.3) is 0 Å². The number of amides is 3. The molecular weight excluding hydrogens is 370 g/mol. The summed E-state index contributed by atoms with van der Waals surface area (Å²) in [4.78, 5) is 26.9. The third kappa shape index (κ3) is 2.85. The lowest BCUT2D eigenvalue weighted by atomic mass is 9.92. The number of ether oxygens (including phenoxy) is 2. The molecule has 1 spiro atoms. The van der Waals surface area contributed by atoms with Crippen molar-refractivity contribution in [1.82, 2.24) is 10.2 Å². The maximum absolute atomic E-state index is 13.2. The minimum Gasteiger partial charge on any atom is -0.493 e. The third-order valence-electron chi connectivity index (χ3n) is 5.21. The molecule has 1 heterocycles. The van der Waals surface area contributed by atoms with Gasteiger partial charge in [-0.15, -0.1) is 0 Å². The van der Waals surface area contributed by atoms with Crippen LogP contribution in [0.15, 0.2) is 42.5 Å². The number of fused-ring (bicyclic) bond motifs is 2. The van der Waals surface area contributed by atoms with Gasteiger partial charge in [-0.1, -0.05) is 30.3 Å². The largest absolute Gasteiger partial charge is 0.493 e. The van der Waals surface area contributed by atoms with E-state index in [4.69, 9.17) is 4.74 Å². The number of methoxy groups -OCH3 is 1. The van der Waals surface area contributed by atoms with Gasteiger partial charge in [0.15, 0.2) is 11.5 Å². The molecule has 1 N–H and O–H groups in total. The number of alkyl halides is 2. The maximum Gasteiger partial charge on any atom is 0.387 e. The molecule has 0 saturated carbocycles. The molecule has 1 atom stereocenters. The van der Waals surface area contributed by atoms with Gasteiger partial charge in [0.1, 0.15) is 5.54 Å². The SMILES string of the molecule is COc1cc(CN2C(=O)NC3(CCc4ccccc43)C2=O)ccc1OC(F)F. The Bertz CT molecular complexity index is 950. The van der Waals surface area contributed by atoms with Gasteiger partial charge in [0.2, 0.25) is 0 Å². The normalized spacial score (nSPS) is 20.6. The average Bonchev–Trinajstić information content (AvgIpc) is 3.16. The number of aryl methyl sites for hydroxylation is 1. The summed E-state index contributed by atoms with van der Waals surface area (Å²) in [5.41, 5.74) is 1.41. The molecular formula is C20H18F2N2O4. The van der Waals surface area contributed by atoms with Crippen LogP contribution in [0.3, 0.4) is 0 Å². The number of nitrogens with one attached hydrogen (secondary N) is 1. The Labute approximate surface area is 160 Å². The summed E-state index contributed by atoms with van der Waals surface area (Å²) in [6.07, 6.45) is 1.22. The number of urea groups is 1. The van der Waals surface area contributed by atoms with Crippen LogP contribution >= 0.6 is 0 Å². The van der Waals surface area contributed by atoms with Crippen LogP contribution in [0.4, 0.5) is 13.6 Å². The average molecular weight is 388 g/mol. The van der Waals surface area contributed by atoms with Crippen molar-refractivity contribution in [2.24, 2.45) is 0 Å². The van der Waals surface area contributed by atoms with Crippen molar-refractivity contribution in [3.8, 4) is 11.5 Å². The molecule has 1 aliphatic heterocycles. The van der Waals surface area contributed by atoms with Gasteiger partial charge >= 0.3 is 12.6 Å². The monoisotopic (exact) mass is 388 g/mol. The van der Waals surface area contributed by atoms with E-state index in [1.807, 2.05) is 24.3 Å². The van der Waals surface area contributed by atoms with Gasteiger partial charge < -0.3 is 14.8 Å². The van der Waals surface area contributed by atoms with Crippen molar-refractivity contribution in [3.63, 3.8) is 0 Å². The van der Waals surface area contributed by atoms with E-state index in [1.165, 1.54) is 25.3 Å². The van der Waals surface area contributed by atoms with Crippen molar-refractivity contribution in [1.29, 1.82) is 0 Å². The summed E-state index contributed by atoms with van der Waals surface area (Å²) in [5, 5.41) is 2.85. The van der Waals surface area contributed by atoms with E-state index in [9.17, 15) is 18.4 Å². The number of rotatable bonds is 5. The van der Waals surface area contributed by atoms with Gasteiger partial charge in [-0.3, -0.25) is 9.69 Å². The maximum atomic E-state index is 13.2. The molecule has 28 heavy (non-hydrogen) atoms. The first-order chi connectivity index (χ1) is 13.4. The van der Waals surface area contributed by atoms with Crippen LogP contribution in [-0.4, -0.2) is 30.6 Å². The highest BCUT2D eigenvalue weighted by atomic mass is 19.3. The second kappa shape index (κ2) is 6.78. The van der Waals surface area contributed by atoms with Crippen molar-refractivity contribution >= 4 is 11.9 Å². The van der Waals surface area contributed by atoms with Gasteiger partial charge in [-0.2, -0.15) is 8.78 Å². The van der Waals surface area contributed by atoms with Gasteiger partial charge in [0.05, 0.1) is 13.7 Å². The number of carbonyl (C=O) groups is 2. The zero-order valence-corrected chi connectivity index (χ0v) is 15.1. The highest BCUT2D eigenvalue weighted by Crippen LogP contribution is 2.41. The molecule has 146 valence electrons. The van der Waals surface area contributed by atoms with Crippen molar-refractivity contribution in [2.45, 2.75) is 31.5 Å². The number of benzene rings is 2. The highest BCUT2D eigenvalue weighted by molar-refractivity contribution is 6.08. The van der Waals surface area contributed by atoms with E-state index < -0.39 is 18.2 Å². The van der Waals surface area contributed by atoms with Gasteiger partial charge in [-0.05, 0) is 41.7 Å². The van der Waals surface area contributed by atoms with E-state index in [0.717, 1.165) is 16.0 Å². The first-order valence-electron chi connectivity index (χ1n) is 8.79. The molecule has 0 aromatic heterocycles. The summed E-state index contributed by atoms with van der Waals surface area (Å²) in [5.74, 6) is -0.320. The molecule has 0 radical (unpaired) electrons. The Balaban J connectivity index is 1.60. The van der Waals surface area contributed by atoms with Gasteiger partial charge in [0.25, 0.3) is 5.91 Å². The molecule has 1 saturated heterocycles. The van der Waals surface area contributed by atoms with Crippen molar-refractivity contribution in [2.75, 3.05) is 7.11 Å². The number of hydrogen-bond acceptors (Lipinski definition) is 4. The van der Waals surface area contributed by atoms with Crippen LogP contribution < -0.4 is 14.8 Å². The summed E-state index contributed by atoms with van der Waals surface area (Å²) in [6, 6.07) is 11.4. The molecule has 3 amide bonds. The number of nitrogens with zero attached hydrogens (tertiary/aromatic N) is 1. The van der Waals surface area contributed by atoms with Crippen LogP contribution in [0.5, 0.6) is 11.5 Å². The summed E-state index contributed by atoms with van der Waals surface area (Å²) >= 11 is 0. The van der Waals surface area contributed by atoms with E-state index in [1.54, 1.807) is 0 Å². The van der Waals surface area contributed by atoms with E-state index in [2.05, 4.69) is 10.1 Å². The fourth-order valence-electron chi connectivity index (χ4n) is 3.92. The van der Waals surface area contributed by atoms with E-state index >= 15 is 0 Å². The molecule has 0 bridgehead atoms. The smallest absolute Gasteiger partial charge is 0.387 e.